The Bertz CT molecular complexity index is 524. The maximum atomic E-state index is 11.8. The van der Waals surface area contributed by atoms with Gasteiger partial charge in [-0.25, -0.2) is 9.59 Å². The topological polar surface area (TPSA) is 78.4 Å². The van der Waals surface area contributed by atoms with Gasteiger partial charge in [0.05, 0.1) is 0 Å². The zero-order valence-electron chi connectivity index (χ0n) is 12.0. The normalized spacial score (nSPS) is 12.7. The Labute approximate surface area is 123 Å². The quantitative estimate of drug-likeness (QED) is 0.801. The molecule has 0 spiro atoms. The van der Waals surface area contributed by atoms with Gasteiger partial charge in [0.1, 0.15) is 6.04 Å². The van der Waals surface area contributed by atoms with Crippen molar-refractivity contribution in [3.8, 4) is 0 Å². The van der Waals surface area contributed by atoms with E-state index in [4.69, 9.17) is 16.7 Å². The first kappa shape index (κ1) is 16.3. The summed E-state index contributed by atoms with van der Waals surface area (Å²) in [7, 11) is 0. The van der Waals surface area contributed by atoms with Crippen molar-refractivity contribution in [3.63, 3.8) is 0 Å². The third-order valence-corrected chi connectivity index (χ3v) is 3.23. The summed E-state index contributed by atoms with van der Waals surface area (Å²) in [5, 5.41) is 14.7. The highest BCUT2D eigenvalue weighted by atomic mass is 35.5. The zero-order chi connectivity index (χ0) is 15.5. The monoisotopic (exact) mass is 298 g/mol. The summed E-state index contributed by atoms with van der Waals surface area (Å²) >= 11 is 5.96. The molecule has 0 saturated heterocycles. The summed E-state index contributed by atoms with van der Waals surface area (Å²) in [5.74, 6) is -1.07. The fraction of sp³-hybridized carbons (Fsp3) is 0.429. The maximum Gasteiger partial charge on any atom is 0.326 e. The maximum absolute atomic E-state index is 11.8. The molecule has 0 aromatic heterocycles. The molecule has 1 atom stereocenters. The van der Waals surface area contributed by atoms with E-state index in [1.54, 1.807) is 39.0 Å². The molecule has 0 aliphatic carbocycles. The number of halogens is 1. The van der Waals surface area contributed by atoms with Crippen molar-refractivity contribution in [3.05, 3.63) is 28.8 Å². The van der Waals surface area contributed by atoms with Crippen LogP contribution in [0.3, 0.4) is 0 Å². The molecule has 1 unspecified atom stereocenters. The van der Waals surface area contributed by atoms with Crippen molar-refractivity contribution in [1.29, 1.82) is 0 Å². The van der Waals surface area contributed by atoms with E-state index in [2.05, 4.69) is 10.6 Å². The lowest BCUT2D eigenvalue weighted by Crippen LogP contribution is -2.50. The van der Waals surface area contributed by atoms with Crippen molar-refractivity contribution in [2.75, 3.05) is 5.32 Å². The van der Waals surface area contributed by atoms with Gasteiger partial charge in [-0.05, 0) is 30.0 Å². The zero-order valence-corrected chi connectivity index (χ0v) is 12.7. The van der Waals surface area contributed by atoms with Crippen LogP contribution in [0.5, 0.6) is 0 Å². The summed E-state index contributed by atoms with van der Waals surface area (Å²) in [4.78, 5) is 23.0. The van der Waals surface area contributed by atoms with Crippen LogP contribution in [0.15, 0.2) is 18.2 Å². The minimum absolute atomic E-state index is 0.510. The van der Waals surface area contributed by atoms with Crippen LogP contribution in [0.1, 0.15) is 26.3 Å². The number of hydrogen-bond acceptors (Lipinski definition) is 2. The summed E-state index contributed by atoms with van der Waals surface area (Å²) in [6, 6.07) is 3.53. The average Bonchev–Trinajstić information content (AvgIpc) is 2.29. The number of aliphatic carboxylic acids is 1. The minimum Gasteiger partial charge on any atom is -0.480 e. The number of carboxylic acid groups (broad SMARTS) is 1. The Morgan fingerprint density at radius 2 is 1.90 bits per heavy atom. The van der Waals surface area contributed by atoms with Crippen LogP contribution in [0.25, 0.3) is 0 Å². The van der Waals surface area contributed by atoms with Gasteiger partial charge in [0.25, 0.3) is 0 Å². The number of anilines is 1. The lowest BCUT2D eigenvalue weighted by molar-refractivity contribution is -0.141. The highest BCUT2D eigenvalue weighted by molar-refractivity contribution is 6.31. The van der Waals surface area contributed by atoms with Gasteiger partial charge >= 0.3 is 12.0 Å². The molecule has 0 heterocycles. The van der Waals surface area contributed by atoms with Crippen LogP contribution >= 0.6 is 11.6 Å². The number of hydrogen-bond donors (Lipinski definition) is 3. The molecule has 0 aliphatic rings. The number of carbonyl (C=O) groups excluding carboxylic acids is 1. The van der Waals surface area contributed by atoms with Crippen LogP contribution < -0.4 is 10.6 Å². The SMILES string of the molecule is Cc1ccc(NC(=O)NC(C(=O)O)C(C)(C)C)cc1Cl. The standard InChI is InChI=1S/C14H19ClN2O3/c1-8-5-6-9(7-10(8)15)16-13(20)17-11(12(18)19)14(2,3)4/h5-7,11H,1-4H3,(H,18,19)(H2,16,17,20). The molecular formula is C14H19ClN2O3. The van der Waals surface area contributed by atoms with Gasteiger partial charge in [0.15, 0.2) is 0 Å². The molecule has 1 aromatic carbocycles. The van der Waals surface area contributed by atoms with Gasteiger partial charge in [0.2, 0.25) is 0 Å². The molecule has 0 fully saturated rings. The first-order valence-corrected chi connectivity index (χ1v) is 6.55. The van der Waals surface area contributed by atoms with Crippen LogP contribution in [0, 0.1) is 12.3 Å². The third kappa shape index (κ3) is 4.42. The second-order valence-corrected chi connectivity index (χ2v) is 6.11. The molecule has 1 aromatic rings. The van der Waals surface area contributed by atoms with E-state index < -0.39 is 23.5 Å². The Hall–Kier alpha value is -1.75. The molecule has 110 valence electrons. The Kier molecular flexibility index (Phi) is 5.00. The number of benzene rings is 1. The molecular weight excluding hydrogens is 280 g/mol. The smallest absolute Gasteiger partial charge is 0.326 e. The first-order chi connectivity index (χ1) is 9.11. The average molecular weight is 299 g/mol. The molecule has 20 heavy (non-hydrogen) atoms. The molecule has 0 saturated carbocycles. The third-order valence-electron chi connectivity index (χ3n) is 2.82. The molecule has 0 bridgehead atoms. The largest absolute Gasteiger partial charge is 0.480 e. The van der Waals surface area contributed by atoms with Gasteiger partial charge in [-0.15, -0.1) is 0 Å². The number of carboxylic acids is 1. The molecule has 0 radical (unpaired) electrons. The molecule has 5 nitrogen and oxygen atoms in total. The molecule has 3 N–H and O–H groups in total. The number of carbonyl (C=O) groups is 2. The summed E-state index contributed by atoms with van der Waals surface area (Å²) in [6.07, 6.45) is 0. The predicted octanol–water partition coefficient (Wildman–Crippen LogP) is 3.27. The van der Waals surface area contributed by atoms with E-state index in [-0.39, 0.29) is 0 Å². The van der Waals surface area contributed by atoms with E-state index in [1.807, 2.05) is 6.92 Å². The van der Waals surface area contributed by atoms with Crippen molar-refractivity contribution in [2.45, 2.75) is 33.7 Å². The Morgan fingerprint density at radius 3 is 2.35 bits per heavy atom. The summed E-state index contributed by atoms with van der Waals surface area (Å²) < 4.78 is 0. The van der Waals surface area contributed by atoms with Crippen LogP contribution in [0.2, 0.25) is 5.02 Å². The van der Waals surface area contributed by atoms with Crippen molar-refractivity contribution in [1.82, 2.24) is 5.32 Å². The van der Waals surface area contributed by atoms with E-state index in [0.29, 0.717) is 10.7 Å². The van der Waals surface area contributed by atoms with Crippen molar-refractivity contribution in [2.24, 2.45) is 5.41 Å². The highest BCUT2D eigenvalue weighted by Crippen LogP contribution is 2.21. The van der Waals surface area contributed by atoms with E-state index >= 15 is 0 Å². The Balaban J connectivity index is 2.76. The van der Waals surface area contributed by atoms with Gasteiger partial charge in [-0.2, -0.15) is 0 Å². The second-order valence-electron chi connectivity index (χ2n) is 5.70. The minimum atomic E-state index is -1.07. The van der Waals surface area contributed by atoms with E-state index in [9.17, 15) is 9.59 Å². The van der Waals surface area contributed by atoms with Gasteiger partial charge < -0.3 is 15.7 Å². The van der Waals surface area contributed by atoms with E-state index in [0.717, 1.165) is 5.56 Å². The van der Waals surface area contributed by atoms with Gasteiger partial charge in [-0.1, -0.05) is 38.4 Å². The number of aryl methyl sites for hydroxylation is 1. The fourth-order valence-corrected chi connectivity index (χ4v) is 1.80. The van der Waals surface area contributed by atoms with Gasteiger partial charge in [0, 0.05) is 10.7 Å². The number of amides is 2. The molecule has 1 rings (SSSR count). The van der Waals surface area contributed by atoms with Crippen molar-refractivity contribution < 1.29 is 14.7 Å². The summed E-state index contributed by atoms with van der Waals surface area (Å²) in [6.45, 7) is 7.09. The highest BCUT2D eigenvalue weighted by Gasteiger charge is 2.32. The number of rotatable bonds is 3. The second kappa shape index (κ2) is 6.13. The summed E-state index contributed by atoms with van der Waals surface area (Å²) in [5.41, 5.74) is 0.820. The molecule has 0 aliphatic heterocycles. The van der Waals surface area contributed by atoms with Crippen LogP contribution in [0.4, 0.5) is 10.5 Å². The molecule has 6 heteroatoms. The van der Waals surface area contributed by atoms with Gasteiger partial charge in [-0.3, -0.25) is 0 Å². The Morgan fingerprint density at radius 1 is 1.30 bits per heavy atom. The van der Waals surface area contributed by atoms with E-state index in [1.165, 1.54) is 0 Å². The van der Waals surface area contributed by atoms with Crippen LogP contribution in [-0.4, -0.2) is 23.1 Å². The number of nitrogens with one attached hydrogen (secondary N) is 2. The van der Waals surface area contributed by atoms with Crippen LogP contribution in [-0.2, 0) is 4.79 Å². The first-order valence-electron chi connectivity index (χ1n) is 6.17. The van der Waals surface area contributed by atoms with Crippen molar-refractivity contribution >= 4 is 29.3 Å². The number of urea groups is 1. The lowest BCUT2D eigenvalue weighted by Gasteiger charge is -2.27. The predicted molar refractivity (Wildman–Crippen MR) is 79.2 cm³/mol. The lowest BCUT2D eigenvalue weighted by atomic mass is 9.87. The fourth-order valence-electron chi connectivity index (χ4n) is 1.62. The molecule has 2 amide bonds.